The maximum atomic E-state index is 6.88. The molecule has 0 atom stereocenters. The van der Waals surface area contributed by atoms with Crippen molar-refractivity contribution < 1.29 is 4.42 Å². The van der Waals surface area contributed by atoms with Gasteiger partial charge in [0.25, 0.3) is 0 Å². The lowest BCUT2D eigenvalue weighted by Crippen LogP contribution is -2.48. The highest BCUT2D eigenvalue weighted by Crippen LogP contribution is 2.33. The molecule has 0 bridgehead atoms. The SMILES string of the molecule is [B]c1c([B])c(-c2c([B])c([B])c3c(sc4c([B])c([B])c([B])c([B])c43)c2[B])c([B])c([B])c1-c1nc(-c2ccccc2)nc(-c2ccc3c(c2)oc2ccccc23)n1. The van der Waals surface area contributed by atoms with Crippen LogP contribution < -0.4 is 60.1 Å². The summed E-state index contributed by atoms with van der Waals surface area (Å²) in [6.07, 6.45) is 0. The Balaban J connectivity index is 1.27. The number of hydrogen-bond donors (Lipinski definition) is 0. The number of benzene rings is 6. The molecule has 0 amide bonds. The number of para-hydroxylation sites is 1. The van der Waals surface area contributed by atoms with Crippen LogP contribution in [0.3, 0.4) is 0 Å². The van der Waals surface area contributed by atoms with Gasteiger partial charge in [-0.15, -0.1) is 22.3 Å². The zero-order valence-corrected chi connectivity index (χ0v) is 29.8. The lowest BCUT2D eigenvalue weighted by atomic mass is 9.59. The summed E-state index contributed by atoms with van der Waals surface area (Å²) < 4.78 is 7.22. The van der Waals surface area contributed by atoms with Crippen LogP contribution in [0.4, 0.5) is 0 Å². The van der Waals surface area contributed by atoms with E-state index in [1.165, 1.54) is 11.3 Å². The molecule has 16 heteroatoms. The fourth-order valence-electron chi connectivity index (χ4n) is 7.21. The maximum absolute atomic E-state index is 6.88. The minimum Gasteiger partial charge on any atom is -0.456 e. The van der Waals surface area contributed by atoms with Gasteiger partial charge in [-0.2, -0.15) is 0 Å². The Morgan fingerprint density at radius 3 is 1.56 bits per heavy atom. The van der Waals surface area contributed by atoms with Crippen molar-refractivity contribution in [1.29, 1.82) is 0 Å². The average molecular weight is 690 g/mol. The molecule has 228 valence electrons. The van der Waals surface area contributed by atoms with E-state index in [2.05, 4.69) is 0 Å². The van der Waals surface area contributed by atoms with Gasteiger partial charge in [0, 0.05) is 36.9 Å². The van der Waals surface area contributed by atoms with E-state index in [-0.39, 0.29) is 82.6 Å². The predicted octanol–water partition coefficient (Wildman–Crippen LogP) is -2.46. The number of thiophene rings is 1. The number of aromatic nitrogens is 3. The Hall–Kier alpha value is -4.94. The van der Waals surface area contributed by atoms with Crippen molar-refractivity contribution in [1.82, 2.24) is 15.0 Å². The van der Waals surface area contributed by atoms with E-state index < -0.39 is 0 Å². The monoisotopic (exact) mass is 691 g/mol. The highest BCUT2D eigenvalue weighted by Gasteiger charge is 2.25. The van der Waals surface area contributed by atoms with E-state index in [1.54, 1.807) is 0 Å². The molecule has 4 nitrogen and oxygen atoms in total. The van der Waals surface area contributed by atoms with Crippen LogP contribution in [0.15, 0.2) is 77.2 Å². The summed E-state index contributed by atoms with van der Waals surface area (Å²) in [7, 11) is 72.9. The second kappa shape index (κ2) is 13.1. The van der Waals surface area contributed by atoms with Crippen molar-refractivity contribution in [3.05, 3.63) is 72.8 Å². The molecule has 0 spiro atoms. The van der Waals surface area contributed by atoms with Crippen LogP contribution >= 0.6 is 11.3 Å². The van der Waals surface area contributed by atoms with Gasteiger partial charge in [-0.25, -0.2) is 15.0 Å². The van der Waals surface area contributed by atoms with Crippen molar-refractivity contribution in [2.75, 3.05) is 0 Å². The predicted molar refractivity (Wildman–Crippen MR) is 241 cm³/mol. The second-order valence-corrected chi connectivity index (χ2v) is 14.2. The van der Waals surface area contributed by atoms with Crippen LogP contribution in [0.25, 0.3) is 87.4 Å². The molecule has 9 rings (SSSR count). The Morgan fingerprint density at radius 2 is 0.873 bits per heavy atom. The molecule has 9 aromatic rings. The normalized spacial score (nSPS) is 11.7. The van der Waals surface area contributed by atoms with Gasteiger partial charge in [-0.1, -0.05) is 104 Å². The van der Waals surface area contributed by atoms with Gasteiger partial charge in [0.15, 0.2) is 17.5 Å². The van der Waals surface area contributed by atoms with Gasteiger partial charge in [0.2, 0.25) is 0 Å². The quantitative estimate of drug-likeness (QED) is 0.193. The van der Waals surface area contributed by atoms with Crippen molar-refractivity contribution in [2.45, 2.75) is 0 Å². The summed E-state index contributed by atoms with van der Waals surface area (Å²) in [6, 6.07) is 23.0. The number of fused-ring (bicyclic) bond motifs is 6. The summed E-state index contributed by atoms with van der Waals surface area (Å²) in [5.74, 6) is 0.833. The first-order chi connectivity index (χ1) is 26.4. The molecule has 3 aromatic heterocycles. The lowest BCUT2D eigenvalue weighted by molar-refractivity contribution is 0.669. The second-order valence-electron chi connectivity index (χ2n) is 13.2. The maximum Gasteiger partial charge on any atom is 0.164 e. The van der Waals surface area contributed by atoms with E-state index in [0.717, 1.165) is 21.9 Å². The molecule has 0 N–H and O–H groups in total. The van der Waals surface area contributed by atoms with Gasteiger partial charge in [0.05, 0.1) is 0 Å². The van der Waals surface area contributed by atoms with Gasteiger partial charge in [-0.05, 0) is 40.1 Å². The smallest absolute Gasteiger partial charge is 0.164 e. The Morgan fingerprint density at radius 1 is 0.382 bits per heavy atom. The van der Waals surface area contributed by atoms with Gasteiger partial charge >= 0.3 is 0 Å². The molecule has 0 saturated heterocycles. The van der Waals surface area contributed by atoms with E-state index in [4.69, 9.17) is 106 Å². The topological polar surface area (TPSA) is 51.8 Å². The first-order valence-electron chi connectivity index (χ1n) is 16.8. The van der Waals surface area contributed by atoms with Crippen LogP contribution in [-0.4, -0.2) is 101 Å². The number of nitrogens with zero attached hydrogens (tertiary/aromatic N) is 3. The van der Waals surface area contributed by atoms with Gasteiger partial charge in [0.1, 0.15) is 97.5 Å². The Labute approximate surface area is 335 Å². The molecule has 55 heavy (non-hydrogen) atoms. The zero-order chi connectivity index (χ0) is 38.6. The summed E-state index contributed by atoms with van der Waals surface area (Å²) in [5, 5.41) is 2.90. The summed E-state index contributed by atoms with van der Waals surface area (Å²) >= 11 is 1.23. The standard InChI is InChI=1S/C39H12B11N3OS/c40-24-19(20-26(42)27(43)21-22-28(44)32(48)33(49)34(50)36(22)55-35(21)31(20)47)25(41)30(46)23(29(24)45)39-52-37(13-6-2-1-3-7-13)51-38(53-39)14-10-11-16-15-8-4-5-9-17(15)54-18(16)12-14/h1-12H. The molecular weight excluding hydrogens is 677 g/mol. The van der Waals surface area contributed by atoms with E-state index in [9.17, 15) is 0 Å². The summed E-state index contributed by atoms with van der Waals surface area (Å²) in [6.45, 7) is 0. The third kappa shape index (κ3) is 5.31. The molecule has 6 aromatic carbocycles. The minimum atomic E-state index is 0.0272. The summed E-state index contributed by atoms with van der Waals surface area (Å²) in [5.41, 5.74) is 4.70. The van der Waals surface area contributed by atoms with Gasteiger partial charge in [-0.3, -0.25) is 0 Å². The molecule has 0 aliphatic rings. The van der Waals surface area contributed by atoms with E-state index >= 15 is 0 Å². The molecule has 3 heterocycles. The van der Waals surface area contributed by atoms with Crippen LogP contribution in [0, 0.1) is 0 Å². The molecule has 0 saturated carbocycles. The van der Waals surface area contributed by atoms with E-state index in [1.807, 2.05) is 72.8 Å². The van der Waals surface area contributed by atoms with Crippen molar-refractivity contribution in [3.63, 3.8) is 0 Å². The Bertz CT molecular complexity index is 3100. The van der Waals surface area contributed by atoms with Gasteiger partial charge < -0.3 is 4.42 Å². The van der Waals surface area contributed by atoms with Crippen LogP contribution in [0.5, 0.6) is 0 Å². The largest absolute Gasteiger partial charge is 0.456 e. The third-order valence-corrected chi connectivity index (χ3v) is 11.3. The fourth-order valence-corrected chi connectivity index (χ4v) is 8.47. The first kappa shape index (κ1) is 35.7. The molecule has 0 fully saturated rings. The van der Waals surface area contributed by atoms with Crippen molar-refractivity contribution in [2.24, 2.45) is 0 Å². The number of rotatable bonds is 4. The molecule has 0 unspecified atom stereocenters. The lowest BCUT2D eigenvalue weighted by Gasteiger charge is -2.26. The minimum absolute atomic E-state index is 0.0272. The Kier molecular flexibility index (Phi) is 8.51. The molecule has 22 radical (unpaired) electrons. The number of hydrogen-bond acceptors (Lipinski definition) is 5. The number of furan rings is 1. The molecular formula is C39H12B11N3OS. The van der Waals surface area contributed by atoms with Crippen LogP contribution in [0.2, 0.25) is 0 Å². The third-order valence-electron chi connectivity index (χ3n) is 10.1. The molecule has 0 aliphatic heterocycles. The average Bonchev–Trinajstić information content (AvgIpc) is 3.79. The zero-order valence-electron chi connectivity index (χ0n) is 28.9. The van der Waals surface area contributed by atoms with Crippen LogP contribution in [-0.2, 0) is 0 Å². The highest BCUT2D eigenvalue weighted by molar-refractivity contribution is 7.28. The van der Waals surface area contributed by atoms with E-state index in [0.29, 0.717) is 43.0 Å². The van der Waals surface area contributed by atoms with Crippen LogP contribution in [0.1, 0.15) is 0 Å². The van der Waals surface area contributed by atoms with Crippen molar-refractivity contribution in [3.8, 4) is 45.3 Å². The summed E-state index contributed by atoms with van der Waals surface area (Å²) in [4.78, 5) is 14.5. The fraction of sp³-hybridized carbons (Fsp3) is 0. The molecule has 0 aliphatic carbocycles. The van der Waals surface area contributed by atoms with Crippen molar-refractivity contribution >= 4 is 200 Å². The first-order valence-corrected chi connectivity index (χ1v) is 17.6. The highest BCUT2D eigenvalue weighted by atomic mass is 32.1.